The first-order chi connectivity index (χ1) is 20.8. The molecular formula is C32H33N7O4. The van der Waals surface area contributed by atoms with Crippen LogP contribution < -0.4 is 15.8 Å². The van der Waals surface area contributed by atoms with Gasteiger partial charge in [-0.1, -0.05) is 30.7 Å². The first-order valence-corrected chi connectivity index (χ1v) is 13.9. The number of carbonyl (C=O) groups is 2. The van der Waals surface area contributed by atoms with Crippen LogP contribution in [0.2, 0.25) is 0 Å². The fourth-order valence-electron chi connectivity index (χ4n) is 5.14. The smallest absolute Gasteiger partial charge is 0.247 e. The average molecular weight is 580 g/mol. The van der Waals surface area contributed by atoms with Crippen molar-refractivity contribution < 1.29 is 19.4 Å². The number of likely N-dealkylation sites (tertiary alicyclic amines) is 1. The number of pyridine rings is 1. The largest absolute Gasteiger partial charge is 0.439 e. The Kier molecular flexibility index (Phi) is 8.69. The predicted molar refractivity (Wildman–Crippen MR) is 163 cm³/mol. The van der Waals surface area contributed by atoms with Gasteiger partial charge in [-0.2, -0.15) is 0 Å². The Morgan fingerprint density at radius 2 is 1.95 bits per heavy atom. The van der Waals surface area contributed by atoms with Crippen LogP contribution in [0.1, 0.15) is 24.2 Å². The minimum atomic E-state index is -0.997. The lowest BCUT2D eigenvalue weighted by Crippen LogP contribution is -2.52. The highest BCUT2D eigenvalue weighted by Gasteiger charge is 2.28. The Balaban J connectivity index is 1.38. The summed E-state index contributed by atoms with van der Waals surface area (Å²) >= 11 is 0. The molecule has 11 nitrogen and oxygen atoms in total. The number of fused-ring (bicyclic) bond motifs is 1. The summed E-state index contributed by atoms with van der Waals surface area (Å²) in [4.78, 5) is 39.2. The molecule has 11 heteroatoms. The number of carbonyl (C=O) groups excluding carboxylic acids is 2. The van der Waals surface area contributed by atoms with Crippen LogP contribution in [0.25, 0.3) is 22.2 Å². The molecule has 1 atom stereocenters. The third kappa shape index (κ3) is 6.34. The SMILES string of the molecule is C=CC(=O)N[C@H](CO)C(=O)N1CCC(C#Cc2c(-c3ccc(Oc4cccc(C)n4)cc3)c3c(N)ncnc3n2C)CC1. The number of nitrogen functional groups attached to an aromatic ring is 1. The topological polar surface area (TPSA) is 148 Å². The maximum Gasteiger partial charge on any atom is 0.247 e. The lowest BCUT2D eigenvalue weighted by atomic mass is 9.96. The molecule has 3 aromatic heterocycles. The maximum atomic E-state index is 12.8. The first kappa shape index (κ1) is 29.3. The van der Waals surface area contributed by atoms with Gasteiger partial charge >= 0.3 is 0 Å². The van der Waals surface area contributed by atoms with E-state index in [-0.39, 0.29) is 11.8 Å². The molecule has 1 aliphatic rings. The van der Waals surface area contributed by atoms with E-state index in [0.717, 1.165) is 34.0 Å². The lowest BCUT2D eigenvalue weighted by Gasteiger charge is -2.32. The van der Waals surface area contributed by atoms with Crippen molar-refractivity contribution in [2.45, 2.75) is 25.8 Å². The van der Waals surface area contributed by atoms with Crippen molar-refractivity contribution in [3.05, 3.63) is 72.8 Å². The predicted octanol–water partition coefficient (Wildman–Crippen LogP) is 2.97. The van der Waals surface area contributed by atoms with Crippen molar-refractivity contribution in [1.82, 2.24) is 29.7 Å². The monoisotopic (exact) mass is 579 g/mol. The van der Waals surface area contributed by atoms with E-state index in [0.29, 0.717) is 49.0 Å². The van der Waals surface area contributed by atoms with E-state index in [9.17, 15) is 14.7 Å². The number of nitrogens with one attached hydrogen (secondary N) is 1. The van der Waals surface area contributed by atoms with Gasteiger partial charge in [-0.15, -0.1) is 0 Å². The van der Waals surface area contributed by atoms with E-state index in [1.165, 1.54) is 6.33 Å². The number of nitrogens with zero attached hydrogens (tertiary/aromatic N) is 5. The summed E-state index contributed by atoms with van der Waals surface area (Å²) in [5.41, 5.74) is 10.4. The molecule has 4 heterocycles. The Morgan fingerprint density at radius 1 is 1.21 bits per heavy atom. The number of rotatable bonds is 7. The summed E-state index contributed by atoms with van der Waals surface area (Å²) in [5.74, 6) is 7.52. The lowest BCUT2D eigenvalue weighted by molar-refractivity contribution is -0.137. The number of aliphatic hydroxyl groups is 1. The van der Waals surface area contributed by atoms with Gasteiger partial charge in [0.15, 0.2) is 0 Å². The van der Waals surface area contributed by atoms with Crippen molar-refractivity contribution in [3.63, 3.8) is 0 Å². The van der Waals surface area contributed by atoms with E-state index in [2.05, 4.69) is 38.7 Å². The Bertz CT molecular complexity index is 1730. The number of aromatic nitrogens is 4. The maximum absolute atomic E-state index is 12.8. The molecule has 1 saturated heterocycles. The third-order valence-corrected chi connectivity index (χ3v) is 7.41. The summed E-state index contributed by atoms with van der Waals surface area (Å²) < 4.78 is 7.86. The third-order valence-electron chi connectivity index (χ3n) is 7.41. The minimum Gasteiger partial charge on any atom is -0.439 e. The number of aliphatic hydroxyl groups excluding tert-OH is 1. The van der Waals surface area contributed by atoms with Gasteiger partial charge in [0.25, 0.3) is 0 Å². The second kappa shape index (κ2) is 12.8. The summed E-state index contributed by atoms with van der Waals surface area (Å²) in [6.07, 6.45) is 3.83. The number of benzene rings is 1. The fraction of sp³-hybridized carbons (Fsp3) is 0.281. The minimum absolute atomic E-state index is 0.0475. The molecule has 5 rings (SSSR count). The molecule has 43 heavy (non-hydrogen) atoms. The number of hydrogen-bond acceptors (Lipinski definition) is 8. The molecule has 220 valence electrons. The Hall–Kier alpha value is -5.21. The molecule has 0 unspecified atom stereocenters. The standard InChI is InChI=1S/C32H33N7O4/c1-4-26(41)37-24(18-40)32(42)39-16-14-21(15-17-39)8-13-25-28(29-30(33)34-19-35-31(29)38(25)3)22-9-11-23(12-10-22)43-27-7-5-6-20(2)36-27/h4-7,9-12,19,21,24,40H,1,14-18H2,2-3H3,(H,37,41)(H2,33,34,35)/t24-/m1/s1. The highest BCUT2D eigenvalue weighted by Crippen LogP contribution is 2.37. The number of nitrogens with two attached hydrogens (primary N) is 1. The van der Waals surface area contributed by atoms with Crippen LogP contribution in [-0.4, -0.2) is 67.1 Å². The normalized spacial score (nSPS) is 14.1. The van der Waals surface area contributed by atoms with E-state index in [4.69, 9.17) is 10.5 Å². The van der Waals surface area contributed by atoms with Gasteiger partial charge in [0.05, 0.1) is 12.0 Å². The van der Waals surface area contributed by atoms with Crippen LogP contribution >= 0.6 is 0 Å². The van der Waals surface area contributed by atoms with Crippen LogP contribution in [-0.2, 0) is 16.6 Å². The molecule has 1 aliphatic heterocycles. The van der Waals surface area contributed by atoms with Gasteiger partial charge in [0.1, 0.15) is 35.3 Å². The van der Waals surface area contributed by atoms with E-state index < -0.39 is 18.6 Å². The molecule has 1 fully saturated rings. The van der Waals surface area contributed by atoms with E-state index in [1.54, 1.807) is 4.90 Å². The quantitative estimate of drug-likeness (QED) is 0.224. The van der Waals surface area contributed by atoms with Gasteiger partial charge in [-0.05, 0) is 55.5 Å². The molecule has 4 aromatic rings. The molecular weight excluding hydrogens is 546 g/mol. The van der Waals surface area contributed by atoms with E-state index >= 15 is 0 Å². The van der Waals surface area contributed by atoms with Crippen LogP contribution in [0.5, 0.6) is 11.6 Å². The van der Waals surface area contributed by atoms with Crippen molar-refractivity contribution in [2.24, 2.45) is 13.0 Å². The van der Waals surface area contributed by atoms with Crippen LogP contribution in [0.3, 0.4) is 0 Å². The molecule has 4 N–H and O–H groups in total. The van der Waals surface area contributed by atoms with Crippen LogP contribution in [0.4, 0.5) is 5.82 Å². The molecule has 2 amide bonds. The van der Waals surface area contributed by atoms with Gasteiger partial charge in [-0.3, -0.25) is 9.59 Å². The first-order valence-electron chi connectivity index (χ1n) is 13.9. The zero-order valence-corrected chi connectivity index (χ0v) is 24.1. The van der Waals surface area contributed by atoms with Gasteiger partial charge < -0.3 is 30.4 Å². The molecule has 1 aromatic carbocycles. The second-order valence-electron chi connectivity index (χ2n) is 10.3. The van der Waals surface area contributed by atoms with Crippen LogP contribution in [0, 0.1) is 24.7 Å². The number of ether oxygens (including phenoxy) is 1. The molecule has 0 bridgehead atoms. The number of aryl methyl sites for hydroxylation is 2. The fourth-order valence-corrected chi connectivity index (χ4v) is 5.14. The zero-order chi connectivity index (χ0) is 30.5. The molecule has 0 radical (unpaired) electrons. The summed E-state index contributed by atoms with van der Waals surface area (Å²) in [5, 5.41) is 12.8. The van der Waals surface area contributed by atoms with Gasteiger partial charge in [0, 0.05) is 43.4 Å². The van der Waals surface area contributed by atoms with Crippen LogP contribution in [0.15, 0.2) is 61.4 Å². The second-order valence-corrected chi connectivity index (χ2v) is 10.3. The summed E-state index contributed by atoms with van der Waals surface area (Å²) in [6.45, 7) is 5.75. The molecule has 0 spiro atoms. The molecule has 0 saturated carbocycles. The number of piperidine rings is 1. The highest BCUT2D eigenvalue weighted by atomic mass is 16.5. The molecule has 0 aliphatic carbocycles. The van der Waals surface area contributed by atoms with Crippen molar-refractivity contribution in [2.75, 3.05) is 25.4 Å². The number of hydrogen-bond donors (Lipinski definition) is 3. The Labute approximate surface area is 249 Å². The van der Waals surface area contributed by atoms with Gasteiger partial charge in [-0.25, -0.2) is 15.0 Å². The van der Waals surface area contributed by atoms with E-state index in [1.807, 2.05) is 61.0 Å². The number of amides is 2. The van der Waals surface area contributed by atoms with Crippen molar-refractivity contribution in [1.29, 1.82) is 0 Å². The average Bonchev–Trinajstić information content (AvgIpc) is 3.31. The zero-order valence-electron chi connectivity index (χ0n) is 24.1. The van der Waals surface area contributed by atoms with Crippen molar-refractivity contribution in [3.8, 4) is 34.6 Å². The van der Waals surface area contributed by atoms with Crippen molar-refractivity contribution >= 4 is 28.7 Å². The van der Waals surface area contributed by atoms with Gasteiger partial charge in [0.2, 0.25) is 17.7 Å². The summed E-state index contributed by atoms with van der Waals surface area (Å²) in [7, 11) is 1.90. The Morgan fingerprint density at radius 3 is 2.63 bits per heavy atom. The highest BCUT2D eigenvalue weighted by molar-refractivity contribution is 6.03. The number of anilines is 1. The summed E-state index contributed by atoms with van der Waals surface area (Å²) in [6, 6.07) is 12.3.